The third-order valence-corrected chi connectivity index (χ3v) is 2.09. The molecule has 4 heteroatoms. The summed E-state index contributed by atoms with van der Waals surface area (Å²) in [5.41, 5.74) is 4.84. The normalized spacial score (nSPS) is 14.9. The number of hydrazone groups is 1. The molecule has 1 aromatic rings. The number of hydrogen-bond acceptors (Lipinski definition) is 2. The second-order valence-electron chi connectivity index (χ2n) is 3.36. The molecule has 1 heterocycles. The van der Waals surface area contributed by atoms with Crippen molar-refractivity contribution in [3.63, 3.8) is 0 Å². The third kappa shape index (κ3) is 2.28. The predicted octanol–water partition coefficient (Wildman–Crippen LogP) is 1.37. The van der Waals surface area contributed by atoms with Crippen molar-refractivity contribution >= 4 is 18.0 Å². The summed E-state index contributed by atoms with van der Waals surface area (Å²) >= 11 is 0. The maximum absolute atomic E-state index is 11.3. The van der Waals surface area contributed by atoms with Crippen LogP contribution in [0.25, 0.3) is 0 Å². The Morgan fingerprint density at radius 1 is 1.33 bits per heavy atom. The van der Waals surface area contributed by atoms with E-state index in [2.05, 4.69) is 10.4 Å². The van der Waals surface area contributed by atoms with Crippen LogP contribution in [0.2, 0.25) is 0 Å². The topological polar surface area (TPSA) is 44.5 Å². The molecule has 0 aliphatic carbocycles. The van der Waals surface area contributed by atoms with Crippen LogP contribution in [-0.2, 0) is 6.54 Å². The largest absolute Gasteiger partial charge is 0.563 e. The number of urea groups is 1. The first kappa shape index (κ1) is 9.58. The Hall–Kier alpha value is -1.97. The van der Waals surface area contributed by atoms with E-state index >= 15 is 0 Å². The summed E-state index contributed by atoms with van der Waals surface area (Å²) in [6.07, 6.45) is 1.69. The van der Waals surface area contributed by atoms with Gasteiger partial charge < -0.3 is 0 Å². The number of nitrogens with one attached hydrogen (secondary N) is 1. The number of rotatable bonds is 3. The molecule has 1 aliphatic heterocycles. The molecule has 76 valence electrons. The molecule has 15 heavy (non-hydrogen) atoms. The predicted molar refractivity (Wildman–Crippen MR) is 58.1 cm³/mol. The van der Waals surface area contributed by atoms with Crippen LogP contribution in [-0.4, -0.2) is 22.6 Å². The van der Waals surface area contributed by atoms with E-state index in [1.807, 2.05) is 30.3 Å². The fourth-order valence-corrected chi connectivity index (χ4v) is 1.36. The highest BCUT2D eigenvalue weighted by molar-refractivity contribution is 6.32. The molecule has 0 atom stereocenters. The summed E-state index contributed by atoms with van der Waals surface area (Å²) < 4.78 is 1.41. The Kier molecular flexibility index (Phi) is 2.58. The lowest BCUT2D eigenvalue weighted by Crippen LogP contribution is -2.30. The summed E-state index contributed by atoms with van der Waals surface area (Å²) in [4.78, 5) is 15.0. The van der Waals surface area contributed by atoms with Crippen molar-refractivity contribution in [1.29, 1.82) is 0 Å². The van der Waals surface area contributed by atoms with E-state index in [1.54, 1.807) is 13.1 Å². The third-order valence-electron chi connectivity index (χ3n) is 2.09. The van der Waals surface area contributed by atoms with E-state index in [9.17, 15) is 4.79 Å². The zero-order chi connectivity index (χ0) is 10.7. The summed E-state index contributed by atoms with van der Waals surface area (Å²) in [5.74, 6) is 0. The fourth-order valence-electron chi connectivity index (χ4n) is 1.36. The Morgan fingerprint density at radius 2 is 2.07 bits per heavy atom. The van der Waals surface area contributed by atoms with E-state index in [0.717, 1.165) is 11.3 Å². The first-order chi connectivity index (χ1) is 7.25. The van der Waals surface area contributed by atoms with Crippen LogP contribution in [0.3, 0.4) is 0 Å². The number of nitrogens with zero attached hydrogens (tertiary/aromatic N) is 2. The molecular formula is C11H12N3O+. The lowest BCUT2D eigenvalue weighted by molar-refractivity contribution is -0.486. The van der Waals surface area contributed by atoms with Gasteiger partial charge in [-0.2, -0.15) is 4.79 Å². The quantitative estimate of drug-likeness (QED) is 0.752. The number of benzene rings is 1. The summed E-state index contributed by atoms with van der Waals surface area (Å²) in [7, 11) is 0. The molecule has 1 N–H and O–H groups in total. The van der Waals surface area contributed by atoms with Gasteiger partial charge in [0.25, 0.3) is 0 Å². The minimum absolute atomic E-state index is 0.261. The summed E-state index contributed by atoms with van der Waals surface area (Å²) in [5, 5.41) is 0. The second kappa shape index (κ2) is 4.04. The van der Waals surface area contributed by atoms with E-state index < -0.39 is 0 Å². The molecule has 2 amide bonds. The molecule has 2 rings (SSSR count). The smallest absolute Gasteiger partial charge is 0.249 e. The minimum Gasteiger partial charge on any atom is -0.249 e. The minimum atomic E-state index is -0.261. The standard InChI is InChI=1S/C11H11N3O/c1-9-8-14(11(15)13-9)12-7-10-5-3-2-4-6-10/h2-6,8H,7H2,1H3/p+1. The van der Waals surface area contributed by atoms with Crippen LogP contribution >= 0.6 is 0 Å². The molecule has 1 aromatic carbocycles. The lowest BCUT2D eigenvalue weighted by atomic mass is 10.2. The van der Waals surface area contributed by atoms with Crippen molar-refractivity contribution in [3.8, 4) is 0 Å². The van der Waals surface area contributed by atoms with Crippen LogP contribution in [0, 0.1) is 0 Å². The SMILES string of the molecule is CC1=NC(=O)[N+](NCc2ccccc2)=C1. The van der Waals surface area contributed by atoms with Crippen LogP contribution in [0.4, 0.5) is 4.79 Å². The number of carbonyl (C=O) groups excluding carboxylic acids is 1. The van der Waals surface area contributed by atoms with Gasteiger partial charge in [0, 0.05) is 6.92 Å². The van der Waals surface area contributed by atoms with Crippen molar-refractivity contribution in [2.45, 2.75) is 13.5 Å². The first-order valence-electron chi connectivity index (χ1n) is 4.76. The van der Waals surface area contributed by atoms with Crippen LogP contribution in [0.1, 0.15) is 12.5 Å². The highest BCUT2D eigenvalue weighted by Gasteiger charge is 2.24. The average Bonchev–Trinajstić information content (AvgIpc) is 2.56. The molecular weight excluding hydrogens is 190 g/mol. The molecule has 0 saturated heterocycles. The lowest BCUT2D eigenvalue weighted by Gasteiger charge is -2.01. The molecule has 1 aliphatic rings. The fraction of sp³-hybridized carbons (Fsp3) is 0.182. The highest BCUT2D eigenvalue weighted by Crippen LogP contribution is 1.98. The molecule has 0 spiro atoms. The maximum atomic E-state index is 11.3. The molecule has 0 aromatic heterocycles. The van der Waals surface area contributed by atoms with Gasteiger partial charge in [-0.1, -0.05) is 35.0 Å². The second-order valence-corrected chi connectivity index (χ2v) is 3.36. The molecule has 0 bridgehead atoms. The van der Waals surface area contributed by atoms with E-state index in [0.29, 0.717) is 6.54 Å². The van der Waals surface area contributed by atoms with Crippen molar-refractivity contribution in [2.24, 2.45) is 4.99 Å². The number of carbonyl (C=O) groups is 1. The van der Waals surface area contributed by atoms with Gasteiger partial charge >= 0.3 is 6.03 Å². The maximum Gasteiger partial charge on any atom is 0.563 e. The molecule has 0 unspecified atom stereocenters. The summed E-state index contributed by atoms with van der Waals surface area (Å²) in [6, 6.07) is 9.64. The highest BCUT2D eigenvalue weighted by atomic mass is 16.2. The first-order valence-corrected chi connectivity index (χ1v) is 4.76. The van der Waals surface area contributed by atoms with Crippen LogP contribution < -0.4 is 5.43 Å². The van der Waals surface area contributed by atoms with Gasteiger partial charge in [0.1, 0.15) is 0 Å². The van der Waals surface area contributed by atoms with Gasteiger partial charge in [-0.3, -0.25) is 0 Å². The van der Waals surface area contributed by atoms with Gasteiger partial charge in [-0.15, -0.1) is 0 Å². The molecule has 0 radical (unpaired) electrons. The molecule has 0 saturated carbocycles. The number of hydrogen-bond donors (Lipinski definition) is 1. The van der Waals surface area contributed by atoms with Crippen molar-refractivity contribution in [3.05, 3.63) is 35.9 Å². The van der Waals surface area contributed by atoms with E-state index in [-0.39, 0.29) is 6.03 Å². The zero-order valence-corrected chi connectivity index (χ0v) is 8.47. The number of amides is 2. The number of aliphatic imine (C=N–C) groups is 1. The van der Waals surface area contributed by atoms with Crippen molar-refractivity contribution < 1.29 is 9.48 Å². The average molecular weight is 202 g/mol. The Labute approximate surface area is 87.9 Å². The monoisotopic (exact) mass is 202 g/mol. The Balaban J connectivity index is 1.96. The number of hydrazine groups is 1. The van der Waals surface area contributed by atoms with Crippen molar-refractivity contribution in [1.82, 2.24) is 5.43 Å². The Morgan fingerprint density at radius 3 is 2.67 bits per heavy atom. The Bertz CT molecular complexity index is 434. The molecule has 4 nitrogen and oxygen atoms in total. The van der Waals surface area contributed by atoms with Gasteiger partial charge in [0.2, 0.25) is 0 Å². The van der Waals surface area contributed by atoms with Gasteiger partial charge in [0.05, 0.1) is 6.54 Å². The van der Waals surface area contributed by atoms with Gasteiger partial charge in [0.15, 0.2) is 11.9 Å². The summed E-state index contributed by atoms with van der Waals surface area (Å²) in [6.45, 7) is 2.41. The zero-order valence-electron chi connectivity index (χ0n) is 8.47. The van der Waals surface area contributed by atoms with Crippen LogP contribution in [0.15, 0.2) is 35.3 Å². The van der Waals surface area contributed by atoms with Gasteiger partial charge in [-0.25, -0.2) is 5.43 Å². The van der Waals surface area contributed by atoms with Crippen molar-refractivity contribution in [2.75, 3.05) is 0 Å². The molecule has 0 fully saturated rings. The van der Waals surface area contributed by atoms with E-state index in [1.165, 1.54) is 4.68 Å². The van der Waals surface area contributed by atoms with Gasteiger partial charge in [-0.05, 0) is 10.6 Å². The van der Waals surface area contributed by atoms with E-state index in [4.69, 9.17) is 0 Å². The van der Waals surface area contributed by atoms with Crippen LogP contribution in [0.5, 0.6) is 0 Å².